The molecule has 0 unspecified atom stereocenters. The molecule has 4 rings (SSSR count). The van der Waals surface area contributed by atoms with E-state index in [2.05, 4.69) is 15.5 Å². The highest BCUT2D eigenvalue weighted by Crippen LogP contribution is 2.45. The van der Waals surface area contributed by atoms with Crippen LogP contribution in [0.3, 0.4) is 0 Å². The molecule has 0 radical (unpaired) electrons. The van der Waals surface area contributed by atoms with Crippen LogP contribution in [0.5, 0.6) is 0 Å². The zero-order chi connectivity index (χ0) is 15.2. The molecular weight excluding hydrogens is 301 g/mol. The van der Waals surface area contributed by atoms with Crippen molar-refractivity contribution in [2.45, 2.75) is 43.4 Å². The van der Waals surface area contributed by atoms with E-state index in [1.165, 1.54) is 36.3 Å². The van der Waals surface area contributed by atoms with Gasteiger partial charge in [0.2, 0.25) is 11.0 Å². The smallest absolute Gasteiger partial charge is 0.236 e. The van der Waals surface area contributed by atoms with Crippen molar-refractivity contribution in [3.05, 3.63) is 40.7 Å². The van der Waals surface area contributed by atoms with Gasteiger partial charge in [-0.3, -0.25) is 10.1 Å². The molecule has 1 heterocycles. The summed E-state index contributed by atoms with van der Waals surface area (Å²) in [6.45, 7) is 0. The van der Waals surface area contributed by atoms with Gasteiger partial charge in [0.25, 0.3) is 0 Å². The van der Waals surface area contributed by atoms with Gasteiger partial charge >= 0.3 is 0 Å². The normalized spacial score (nSPS) is 19.5. The van der Waals surface area contributed by atoms with Crippen molar-refractivity contribution in [3.63, 3.8) is 0 Å². The molecule has 1 N–H and O–H groups in total. The van der Waals surface area contributed by atoms with E-state index in [1.54, 1.807) is 12.1 Å². The van der Waals surface area contributed by atoms with Crippen LogP contribution in [0.4, 0.5) is 9.52 Å². The van der Waals surface area contributed by atoms with Crippen molar-refractivity contribution >= 4 is 22.4 Å². The molecule has 4 nitrogen and oxygen atoms in total. The van der Waals surface area contributed by atoms with E-state index in [0.717, 1.165) is 29.8 Å². The Kier molecular flexibility index (Phi) is 3.22. The number of halogens is 1. The first-order valence-electron chi connectivity index (χ1n) is 7.58. The maximum atomic E-state index is 13.1. The van der Waals surface area contributed by atoms with Crippen molar-refractivity contribution < 1.29 is 9.18 Å². The Bertz CT molecular complexity index is 704. The van der Waals surface area contributed by atoms with Crippen molar-refractivity contribution in [3.8, 4) is 0 Å². The summed E-state index contributed by atoms with van der Waals surface area (Å²) in [6, 6.07) is 6.26. The highest BCUT2D eigenvalue weighted by atomic mass is 32.1. The van der Waals surface area contributed by atoms with Gasteiger partial charge in [0.15, 0.2) is 0 Å². The molecule has 2 saturated carbocycles. The van der Waals surface area contributed by atoms with E-state index in [0.29, 0.717) is 11.0 Å². The SMILES string of the molecule is O=C(Nc1nnc(C2CC2)s1)C1(c2ccc(F)cc2)CCC1. The molecule has 1 aromatic carbocycles. The Morgan fingerprint density at radius 3 is 2.55 bits per heavy atom. The van der Waals surface area contributed by atoms with E-state index >= 15 is 0 Å². The quantitative estimate of drug-likeness (QED) is 0.937. The van der Waals surface area contributed by atoms with Crippen molar-refractivity contribution in [1.29, 1.82) is 0 Å². The van der Waals surface area contributed by atoms with E-state index in [1.807, 2.05) is 0 Å². The number of nitrogens with one attached hydrogen (secondary N) is 1. The molecule has 0 atom stereocenters. The maximum absolute atomic E-state index is 13.1. The predicted octanol–water partition coefficient (Wildman–Crippen LogP) is 3.62. The minimum absolute atomic E-state index is 0.0520. The number of aromatic nitrogens is 2. The highest BCUT2D eigenvalue weighted by molar-refractivity contribution is 7.15. The van der Waals surface area contributed by atoms with Crippen LogP contribution in [0.1, 0.15) is 48.6 Å². The van der Waals surface area contributed by atoms with Crippen LogP contribution in [0.2, 0.25) is 0 Å². The van der Waals surface area contributed by atoms with Gasteiger partial charge in [0.1, 0.15) is 10.8 Å². The second kappa shape index (κ2) is 5.12. The zero-order valence-electron chi connectivity index (χ0n) is 12.0. The number of carbonyl (C=O) groups excluding carboxylic acids is 1. The van der Waals surface area contributed by atoms with Gasteiger partial charge in [-0.25, -0.2) is 4.39 Å². The largest absolute Gasteiger partial charge is 0.300 e. The van der Waals surface area contributed by atoms with Crippen molar-refractivity contribution in [2.24, 2.45) is 0 Å². The first kappa shape index (κ1) is 13.8. The van der Waals surface area contributed by atoms with Gasteiger partial charge in [-0.1, -0.05) is 29.9 Å². The average molecular weight is 317 g/mol. The molecule has 2 aliphatic rings. The molecule has 1 aromatic heterocycles. The number of anilines is 1. The van der Waals surface area contributed by atoms with Crippen LogP contribution in [-0.4, -0.2) is 16.1 Å². The average Bonchev–Trinajstić information content (AvgIpc) is 3.21. The Balaban J connectivity index is 1.55. The lowest BCUT2D eigenvalue weighted by Gasteiger charge is -2.40. The van der Waals surface area contributed by atoms with E-state index < -0.39 is 5.41 Å². The van der Waals surface area contributed by atoms with Crippen LogP contribution >= 0.6 is 11.3 Å². The topological polar surface area (TPSA) is 54.9 Å². The molecule has 0 aliphatic heterocycles. The summed E-state index contributed by atoms with van der Waals surface area (Å²) in [6.07, 6.45) is 4.93. The monoisotopic (exact) mass is 317 g/mol. The number of hydrogen-bond acceptors (Lipinski definition) is 4. The Labute approximate surface area is 131 Å². The first-order valence-corrected chi connectivity index (χ1v) is 8.40. The summed E-state index contributed by atoms with van der Waals surface area (Å²) in [5, 5.41) is 12.7. The summed E-state index contributed by atoms with van der Waals surface area (Å²) < 4.78 is 13.1. The number of amides is 1. The van der Waals surface area contributed by atoms with Crippen LogP contribution in [0.25, 0.3) is 0 Å². The molecule has 0 bridgehead atoms. The Morgan fingerprint density at radius 1 is 1.23 bits per heavy atom. The molecule has 0 saturated heterocycles. The van der Waals surface area contributed by atoms with Crippen LogP contribution in [0, 0.1) is 5.82 Å². The predicted molar refractivity (Wildman–Crippen MR) is 82.4 cm³/mol. The van der Waals surface area contributed by atoms with E-state index in [-0.39, 0.29) is 11.7 Å². The van der Waals surface area contributed by atoms with Gasteiger partial charge in [-0.15, -0.1) is 10.2 Å². The molecular formula is C16H16FN3OS. The third kappa shape index (κ3) is 2.31. The van der Waals surface area contributed by atoms with Crippen molar-refractivity contribution in [1.82, 2.24) is 10.2 Å². The van der Waals surface area contributed by atoms with Crippen LogP contribution < -0.4 is 5.32 Å². The lowest BCUT2D eigenvalue weighted by Crippen LogP contribution is -2.46. The molecule has 22 heavy (non-hydrogen) atoms. The standard InChI is InChI=1S/C16H16FN3OS/c17-12-6-4-11(5-7-12)16(8-1-9-16)14(21)18-15-20-19-13(22-15)10-2-3-10/h4-7,10H,1-3,8-9H2,(H,18,20,21). The number of carbonyl (C=O) groups is 1. The fourth-order valence-corrected chi connectivity index (χ4v) is 3.85. The summed E-state index contributed by atoms with van der Waals surface area (Å²) in [5.74, 6) is 0.207. The molecule has 114 valence electrons. The zero-order valence-corrected chi connectivity index (χ0v) is 12.8. The van der Waals surface area contributed by atoms with Gasteiger partial charge in [-0.05, 0) is 43.4 Å². The minimum Gasteiger partial charge on any atom is -0.300 e. The highest BCUT2D eigenvalue weighted by Gasteiger charge is 2.46. The molecule has 6 heteroatoms. The van der Waals surface area contributed by atoms with Crippen molar-refractivity contribution in [2.75, 3.05) is 5.32 Å². The third-order valence-electron chi connectivity index (χ3n) is 4.63. The number of hydrogen-bond donors (Lipinski definition) is 1. The molecule has 2 aliphatic carbocycles. The van der Waals surface area contributed by atoms with Crippen LogP contribution in [0.15, 0.2) is 24.3 Å². The summed E-state index contributed by atoms with van der Waals surface area (Å²) in [5.41, 5.74) is 0.337. The fourth-order valence-electron chi connectivity index (χ4n) is 2.94. The van der Waals surface area contributed by atoms with Crippen LogP contribution in [-0.2, 0) is 10.2 Å². The summed E-state index contributed by atoms with van der Waals surface area (Å²) in [7, 11) is 0. The fraction of sp³-hybridized carbons (Fsp3) is 0.438. The summed E-state index contributed by atoms with van der Waals surface area (Å²) in [4.78, 5) is 12.7. The Morgan fingerprint density at radius 2 is 1.95 bits per heavy atom. The number of benzene rings is 1. The van der Waals surface area contributed by atoms with Gasteiger partial charge in [0, 0.05) is 5.92 Å². The number of nitrogens with zero attached hydrogens (tertiary/aromatic N) is 2. The second-order valence-corrected chi connectivity index (χ2v) is 7.13. The lowest BCUT2D eigenvalue weighted by molar-refractivity contribution is -0.124. The van der Waals surface area contributed by atoms with E-state index in [4.69, 9.17) is 0 Å². The van der Waals surface area contributed by atoms with Gasteiger partial charge < -0.3 is 0 Å². The lowest BCUT2D eigenvalue weighted by atomic mass is 9.64. The summed E-state index contributed by atoms with van der Waals surface area (Å²) >= 11 is 1.47. The molecule has 2 aromatic rings. The molecule has 0 spiro atoms. The molecule has 2 fully saturated rings. The van der Waals surface area contributed by atoms with Gasteiger partial charge in [0.05, 0.1) is 5.41 Å². The molecule has 1 amide bonds. The second-order valence-electron chi connectivity index (χ2n) is 6.12. The maximum Gasteiger partial charge on any atom is 0.236 e. The van der Waals surface area contributed by atoms with Gasteiger partial charge in [-0.2, -0.15) is 0 Å². The Hall–Kier alpha value is -1.82. The third-order valence-corrected chi connectivity index (χ3v) is 5.63. The first-order chi connectivity index (χ1) is 10.7. The van der Waals surface area contributed by atoms with E-state index in [9.17, 15) is 9.18 Å². The number of rotatable bonds is 4. The minimum atomic E-state index is -0.543.